The Hall–Kier alpha value is -3.60. The Labute approximate surface area is 265 Å². The summed E-state index contributed by atoms with van der Waals surface area (Å²) in [6, 6.07) is 0. The van der Waals surface area contributed by atoms with Crippen LogP contribution >= 0.6 is 0 Å². The third-order valence-electron chi connectivity index (χ3n) is 8.31. The van der Waals surface area contributed by atoms with Crippen LogP contribution in [0.4, 0.5) is 0 Å². The highest BCUT2D eigenvalue weighted by atomic mass is 16.3. The smallest absolute Gasteiger partial charge is 0.187 e. The van der Waals surface area contributed by atoms with E-state index in [-0.39, 0.29) is 22.4 Å². The van der Waals surface area contributed by atoms with Crippen LogP contribution in [0.3, 0.4) is 0 Å². The maximum Gasteiger partial charge on any atom is 0.187 e. The van der Waals surface area contributed by atoms with Crippen molar-refractivity contribution in [3.63, 3.8) is 0 Å². The predicted molar refractivity (Wildman–Crippen MR) is 185 cm³/mol. The van der Waals surface area contributed by atoms with Crippen molar-refractivity contribution in [3.8, 4) is 0 Å². The minimum atomic E-state index is -0.907. The zero-order chi connectivity index (χ0) is 33.2. The Morgan fingerprint density at radius 3 is 1.20 bits per heavy atom. The molecule has 0 heterocycles. The molecule has 0 radical (unpaired) electrons. The van der Waals surface area contributed by atoms with Gasteiger partial charge in [0.2, 0.25) is 0 Å². The first-order valence-corrected chi connectivity index (χ1v) is 15.4. The summed E-state index contributed by atoms with van der Waals surface area (Å²) in [6.45, 7) is 20.0. The van der Waals surface area contributed by atoms with Crippen LogP contribution in [-0.2, 0) is 9.59 Å². The van der Waals surface area contributed by atoms with Crippen molar-refractivity contribution in [1.82, 2.24) is 0 Å². The molecule has 0 unspecified atom stereocenters. The molecule has 0 amide bonds. The lowest BCUT2D eigenvalue weighted by Gasteiger charge is -2.34. The molecule has 2 N–H and O–H groups in total. The molecule has 0 spiro atoms. The van der Waals surface area contributed by atoms with Gasteiger partial charge in [0.15, 0.2) is 11.6 Å². The van der Waals surface area contributed by atoms with Gasteiger partial charge in [0, 0.05) is 0 Å². The Bertz CT molecular complexity index is 1340. The van der Waals surface area contributed by atoms with Crippen LogP contribution in [0.25, 0.3) is 0 Å². The molecule has 0 aromatic carbocycles. The minimum Gasteiger partial charge on any atom is -0.385 e. The van der Waals surface area contributed by atoms with Gasteiger partial charge in [0.05, 0.1) is 0 Å². The predicted octanol–water partition coefficient (Wildman–Crippen LogP) is 8.91. The van der Waals surface area contributed by atoms with Crippen molar-refractivity contribution in [2.75, 3.05) is 0 Å². The molecule has 0 fully saturated rings. The number of carbonyl (C=O) groups excluding carboxylic acids is 2. The van der Waals surface area contributed by atoms with E-state index in [9.17, 15) is 19.8 Å². The highest BCUT2D eigenvalue weighted by molar-refractivity contribution is 6.01. The summed E-state index contributed by atoms with van der Waals surface area (Å²) in [6.07, 6.45) is 27.5. The van der Waals surface area contributed by atoms with Crippen LogP contribution in [0.15, 0.2) is 130 Å². The van der Waals surface area contributed by atoms with Crippen LogP contribution in [0.1, 0.15) is 82.1 Å². The Morgan fingerprint density at radius 1 is 0.568 bits per heavy atom. The lowest BCUT2D eigenvalue weighted by molar-refractivity contribution is -0.126. The zero-order valence-corrected chi connectivity index (χ0v) is 28.4. The summed E-state index contributed by atoms with van der Waals surface area (Å²) in [5.74, 6) is -0.350. The van der Waals surface area contributed by atoms with E-state index in [1.165, 1.54) is 0 Å². The van der Waals surface area contributed by atoms with Crippen LogP contribution in [-0.4, -0.2) is 34.0 Å². The summed E-state index contributed by atoms with van der Waals surface area (Å²) in [5, 5.41) is 20.0. The van der Waals surface area contributed by atoms with Gasteiger partial charge < -0.3 is 10.2 Å². The normalized spacial score (nSPS) is 24.5. The van der Waals surface area contributed by atoms with Gasteiger partial charge in [0.25, 0.3) is 0 Å². The average molecular weight is 597 g/mol. The van der Waals surface area contributed by atoms with Crippen molar-refractivity contribution in [1.29, 1.82) is 0 Å². The van der Waals surface area contributed by atoms with Gasteiger partial charge >= 0.3 is 0 Å². The Morgan fingerprint density at radius 2 is 0.864 bits per heavy atom. The molecule has 0 bridgehead atoms. The fourth-order valence-electron chi connectivity index (χ4n) is 5.62. The number of aliphatic hydroxyl groups excluding tert-OH is 2. The van der Waals surface area contributed by atoms with Gasteiger partial charge in [0.1, 0.15) is 12.2 Å². The molecular formula is C40H52O4. The number of allylic oxidation sites excluding steroid dienone is 20. The summed E-state index contributed by atoms with van der Waals surface area (Å²) in [7, 11) is 0. The van der Waals surface area contributed by atoms with E-state index in [1.54, 1.807) is 13.8 Å². The molecule has 0 aromatic heterocycles. The second-order valence-corrected chi connectivity index (χ2v) is 13.4. The molecular weight excluding hydrogens is 544 g/mol. The van der Waals surface area contributed by atoms with Crippen LogP contribution < -0.4 is 0 Å². The third-order valence-corrected chi connectivity index (χ3v) is 8.31. The number of Topliss-reactive ketones (excluding diaryl/α,β-unsaturated/α-hetero) is 2. The molecule has 4 nitrogen and oxygen atoms in total. The topological polar surface area (TPSA) is 74.6 Å². The number of ketones is 2. The van der Waals surface area contributed by atoms with E-state index in [0.29, 0.717) is 24.0 Å². The lowest BCUT2D eigenvalue weighted by Crippen LogP contribution is -2.35. The van der Waals surface area contributed by atoms with Crippen molar-refractivity contribution in [3.05, 3.63) is 130 Å². The molecule has 0 aliphatic heterocycles. The van der Waals surface area contributed by atoms with Crippen LogP contribution in [0.2, 0.25) is 0 Å². The molecule has 0 saturated carbocycles. The van der Waals surface area contributed by atoms with Crippen molar-refractivity contribution in [2.45, 2.75) is 94.3 Å². The first-order chi connectivity index (χ1) is 20.5. The maximum atomic E-state index is 12.2. The number of carbonyl (C=O) groups is 2. The van der Waals surface area contributed by atoms with Gasteiger partial charge in [-0.05, 0) is 87.5 Å². The monoisotopic (exact) mass is 596 g/mol. The summed E-state index contributed by atoms with van der Waals surface area (Å²) < 4.78 is 0. The van der Waals surface area contributed by atoms with E-state index in [0.717, 1.165) is 33.4 Å². The fraction of sp³-hybridized carbons (Fsp3) is 0.400. The van der Waals surface area contributed by atoms with Crippen molar-refractivity contribution in [2.24, 2.45) is 10.8 Å². The largest absolute Gasteiger partial charge is 0.385 e. The first-order valence-electron chi connectivity index (χ1n) is 15.4. The number of aliphatic hydroxyl groups is 2. The number of hydrogen-bond acceptors (Lipinski definition) is 4. The molecule has 0 saturated heterocycles. The Balaban J connectivity index is 1.95. The standard InChI is InChI=1S/C40H52O4/c1-27(17-13-19-29(3)21-23-33-31(5)37(43)35(41)25-39(33,7)8)15-11-12-16-28(2)18-14-20-30(4)22-24-34-32(6)38(44)36(42)26-40(34,9)10/h11-24,35-36,41-42H,25-26H2,1-10H3/b12-11+,17-13+,18-14+,23-21+,24-22+,27-15+,28-16+,29-19+,30-20+/t35-,36-/m1/s1. The van der Waals surface area contributed by atoms with Crippen molar-refractivity contribution < 1.29 is 19.8 Å². The summed E-state index contributed by atoms with van der Waals surface area (Å²) in [5.41, 5.74) is 7.16. The maximum absolute atomic E-state index is 12.2. The Kier molecular flexibility index (Phi) is 13.2. The second-order valence-electron chi connectivity index (χ2n) is 13.4. The van der Waals surface area contributed by atoms with E-state index < -0.39 is 12.2 Å². The number of hydrogen-bond donors (Lipinski definition) is 2. The SMILES string of the molecule is CC1=C(/C=C/C(C)=C/C=C/C(C)=C/C=C/C=C(C)/C=C/C=C(C)/C=C/C2=C(C)C(=O)[C@H](O)CC2(C)C)C(C)(C)C[C@@H](O)C1=O. The quantitative estimate of drug-likeness (QED) is 0.247. The van der Waals surface area contributed by atoms with Crippen LogP contribution in [0, 0.1) is 10.8 Å². The first kappa shape index (κ1) is 36.6. The highest BCUT2D eigenvalue weighted by Crippen LogP contribution is 2.40. The van der Waals surface area contributed by atoms with E-state index >= 15 is 0 Å². The fourth-order valence-corrected chi connectivity index (χ4v) is 5.62. The minimum absolute atomic E-state index is 0.175. The summed E-state index contributed by atoms with van der Waals surface area (Å²) in [4.78, 5) is 24.5. The number of rotatable bonds is 10. The summed E-state index contributed by atoms with van der Waals surface area (Å²) >= 11 is 0. The molecule has 236 valence electrons. The van der Waals surface area contributed by atoms with Gasteiger partial charge in [-0.1, -0.05) is 135 Å². The van der Waals surface area contributed by atoms with Gasteiger partial charge in [-0.2, -0.15) is 0 Å². The van der Waals surface area contributed by atoms with Crippen molar-refractivity contribution >= 4 is 11.6 Å². The molecule has 2 atom stereocenters. The van der Waals surface area contributed by atoms with Crippen LogP contribution in [0.5, 0.6) is 0 Å². The molecule has 2 aliphatic rings. The average Bonchev–Trinajstić information content (AvgIpc) is 2.92. The molecule has 44 heavy (non-hydrogen) atoms. The van der Waals surface area contributed by atoms with Gasteiger partial charge in [-0.3, -0.25) is 9.59 Å². The zero-order valence-electron chi connectivity index (χ0n) is 28.4. The molecule has 2 aliphatic carbocycles. The molecule has 4 heteroatoms. The van der Waals surface area contributed by atoms with E-state index in [4.69, 9.17) is 0 Å². The van der Waals surface area contributed by atoms with E-state index in [1.807, 2.05) is 74.6 Å². The molecule has 2 rings (SSSR count). The van der Waals surface area contributed by atoms with Gasteiger partial charge in [-0.15, -0.1) is 0 Å². The highest BCUT2D eigenvalue weighted by Gasteiger charge is 2.37. The lowest BCUT2D eigenvalue weighted by atomic mass is 9.71. The molecule has 0 aromatic rings. The van der Waals surface area contributed by atoms with E-state index in [2.05, 4.69) is 65.8 Å². The third kappa shape index (κ3) is 10.5. The second kappa shape index (κ2) is 15.9. The van der Waals surface area contributed by atoms with Gasteiger partial charge in [-0.25, -0.2) is 0 Å².